The third kappa shape index (κ3) is 39.3. The van der Waals surface area contributed by atoms with Gasteiger partial charge in [-0.05, 0) is 0 Å². The maximum Gasteiger partial charge on any atom is 1.00 e. The molecule has 0 fully saturated rings. The summed E-state index contributed by atoms with van der Waals surface area (Å²) in [5.41, 5.74) is 0. The van der Waals surface area contributed by atoms with E-state index in [-0.39, 0.29) is 59.1 Å². The summed E-state index contributed by atoms with van der Waals surface area (Å²) in [6, 6.07) is 0. The van der Waals surface area contributed by atoms with Crippen molar-refractivity contribution in [1.29, 1.82) is 0 Å². The van der Waals surface area contributed by atoms with Gasteiger partial charge in [-0.15, -0.1) is 6.58 Å². The van der Waals surface area contributed by atoms with E-state index in [0.717, 1.165) is 6.08 Å². The van der Waals surface area contributed by atoms with Crippen LogP contribution in [0.3, 0.4) is 0 Å². The molecule has 0 unspecified atom stereocenters. The molecule has 0 bridgehead atoms. The van der Waals surface area contributed by atoms with Crippen LogP contribution in [0.25, 0.3) is 0 Å². The maximum atomic E-state index is 9.60. The first kappa shape index (κ1) is 25.2. The minimum atomic E-state index is -4.15. The number of hydrogen-bond acceptors (Lipinski definition) is 6. The van der Waals surface area contributed by atoms with Gasteiger partial charge >= 0.3 is 59.1 Å². The third-order valence-corrected chi connectivity index (χ3v) is 1.58. The van der Waals surface area contributed by atoms with Gasteiger partial charge in [0.15, 0.2) is 0 Å². The van der Waals surface area contributed by atoms with Crippen molar-refractivity contribution in [3.8, 4) is 0 Å². The Balaban J connectivity index is -0.0000000718. The van der Waals surface area contributed by atoms with E-state index < -0.39 is 26.0 Å². The fourth-order valence-electron chi connectivity index (χ4n) is 0.144. The van der Waals surface area contributed by atoms with E-state index in [4.69, 9.17) is 0 Å². The zero-order valence-electron chi connectivity index (χ0n) is 8.54. The molecule has 0 aromatic heterocycles. The largest absolute Gasteiger partial charge is 1.00 e. The Morgan fingerprint density at radius 2 is 1.27 bits per heavy atom. The van der Waals surface area contributed by atoms with Crippen molar-refractivity contribution in [1.82, 2.24) is 0 Å². The van der Waals surface area contributed by atoms with Gasteiger partial charge in [0.1, 0.15) is 10.1 Å². The summed E-state index contributed by atoms with van der Waals surface area (Å²) in [7, 11) is -8.19. The van der Waals surface area contributed by atoms with Crippen LogP contribution in [0.1, 0.15) is 0 Å². The smallest absolute Gasteiger partial charge is 0.748 e. The SMILES string of the molecule is C=CCS(=O)(=O)[O-].C=CS(=O)(=O)[O-].[Na+].[Na+]. The summed E-state index contributed by atoms with van der Waals surface area (Å²) in [4.78, 5) is 0. The molecule has 0 aliphatic carbocycles. The first-order chi connectivity index (χ1) is 5.62. The molecule has 0 saturated heterocycles. The van der Waals surface area contributed by atoms with Crippen LogP contribution < -0.4 is 59.1 Å². The second-order valence-corrected chi connectivity index (χ2v) is 4.44. The minimum Gasteiger partial charge on any atom is -0.748 e. The first-order valence-electron chi connectivity index (χ1n) is 2.75. The van der Waals surface area contributed by atoms with Crippen LogP contribution in [0.4, 0.5) is 0 Å². The van der Waals surface area contributed by atoms with Gasteiger partial charge in [0.05, 0.1) is 15.9 Å². The average Bonchev–Trinajstić information content (AvgIpc) is 1.84. The second kappa shape index (κ2) is 11.8. The zero-order chi connectivity index (χ0) is 11.1. The van der Waals surface area contributed by atoms with Crippen LogP contribution in [0.5, 0.6) is 0 Å². The van der Waals surface area contributed by atoms with Gasteiger partial charge in [0.2, 0.25) is 0 Å². The summed E-state index contributed by atoms with van der Waals surface area (Å²) in [5.74, 6) is -0.479. The molecule has 0 aromatic rings. The standard InChI is InChI=1S/C3H6O3S.C2H4O3S.2Na/c1-2-3-7(4,5)6;1-2-6(3,4)5;;/h2H,1,3H2,(H,4,5,6);2H,1H2,(H,3,4,5);;/q;;2*+1/p-2. The molecule has 78 valence electrons. The molecule has 0 amide bonds. The molecular weight excluding hydrogens is 266 g/mol. The Kier molecular flexibility index (Phi) is 19.8. The molecule has 6 nitrogen and oxygen atoms in total. The molecule has 0 atom stereocenters. The predicted molar refractivity (Wildman–Crippen MR) is 44.7 cm³/mol. The van der Waals surface area contributed by atoms with Crippen LogP contribution in [-0.2, 0) is 20.2 Å². The van der Waals surface area contributed by atoms with E-state index >= 15 is 0 Å². The normalized spacial score (nSPS) is 9.47. The Labute approximate surface area is 134 Å². The Morgan fingerprint density at radius 1 is 1.00 bits per heavy atom. The van der Waals surface area contributed by atoms with Gasteiger partial charge < -0.3 is 9.11 Å². The molecular formula is C5H8Na2O6S2. The fourth-order valence-corrected chi connectivity index (χ4v) is 0.433. The van der Waals surface area contributed by atoms with Gasteiger partial charge in [-0.1, -0.05) is 12.7 Å². The summed E-state index contributed by atoms with van der Waals surface area (Å²) in [6.07, 6.45) is 1.06. The predicted octanol–water partition coefficient (Wildman–Crippen LogP) is -6.60. The molecule has 15 heavy (non-hydrogen) atoms. The van der Waals surface area contributed by atoms with Gasteiger partial charge in [-0.25, -0.2) is 16.8 Å². The quantitative estimate of drug-likeness (QED) is 0.287. The van der Waals surface area contributed by atoms with Crippen LogP contribution >= 0.6 is 0 Å². The van der Waals surface area contributed by atoms with Crippen molar-refractivity contribution < 1.29 is 85.1 Å². The van der Waals surface area contributed by atoms with Gasteiger partial charge in [-0.3, -0.25) is 0 Å². The third-order valence-electron chi connectivity index (χ3n) is 0.526. The molecule has 0 heterocycles. The second-order valence-electron chi connectivity index (χ2n) is 1.67. The first-order valence-corrected chi connectivity index (χ1v) is 5.80. The van der Waals surface area contributed by atoms with Crippen LogP contribution in [0.2, 0.25) is 0 Å². The fraction of sp³-hybridized carbons (Fsp3) is 0.200. The van der Waals surface area contributed by atoms with E-state index in [2.05, 4.69) is 13.2 Å². The zero-order valence-corrected chi connectivity index (χ0v) is 14.2. The van der Waals surface area contributed by atoms with Gasteiger partial charge in [0.25, 0.3) is 0 Å². The summed E-state index contributed by atoms with van der Waals surface area (Å²) in [6.45, 7) is 5.80. The van der Waals surface area contributed by atoms with Crippen molar-refractivity contribution in [2.24, 2.45) is 0 Å². The Morgan fingerprint density at radius 3 is 1.27 bits per heavy atom. The molecule has 0 N–H and O–H groups in total. The molecule has 0 aromatic carbocycles. The monoisotopic (exact) mass is 274 g/mol. The molecule has 0 rings (SSSR count). The molecule has 0 aliphatic heterocycles. The van der Waals surface area contributed by atoms with Crippen molar-refractivity contribution in [3.63, 3.8) is 0 Å². The maximum absolute atomic E-state index is 9.60. The van der Waals surface area contributed by atoms with Crippen molar-refractivity contribution in [2.45, 2.75) is 0 Å². The van der Waals surface area contributed by atoms with E-state index in [1.807, 2.05) is 0 Å². The average molecular weight is 274 g/mol. The minimum absolute atomic E-state index is 0. The van der Waals surface area contributed by atoms with Gasteiger partial charge in [-0.2, -0.15) is 0 Å². The van der Waals surface area contributed by atoms with Crippen molar-refractivity contribution in [2.75, 3.05) is 5.75 Å². The summed E-state index contributed by atoms with van der Waals surface area (Å²) in [5, 5.41) is 0.354. The van der Waals surface area contributed by atoms with Crippen molar-refractivity contribution >= 4 is 20.2 Å². The number of rotatable bonds is 3. The van der Waals surface area contributed by atoms with Crippen molar-refractivity contribution in [3.05, 3.63) is 24.6 Å². The van der Waals surface area contributed by atoms with E-state index in [0.29, 0.717) is 5.41 Å². The molecule has 0 saturated carbocycles. The Hall–Kier alpha value is 1.30. The molecule has 0 aliphatic rings. The van der Waals surface area contributed by atoms with E-state index in [1.54, 1.807) is 0 Å². The Bertz CT molecular complexity index is 345. The van der Waals surface area contributed by atoms with E-state index in [1.165, 1.54) is 0 Å². The van der Waals surface area contributed by atoms with Gasteiger partial charge in [0, 0.05) is 5.41 Å². The summed E-state index contributed by atoms with van der Waals surface area (Å²) >= 11 is 0. The van der Waals surface area contributed by atoms with Crippen LogP contribution in [-0.4, -0.2) is 31.7 Å². The van der Waals surface area contributed by atoms with E-state index in [9.17, 15) is 25.9 Å². The van der Waals surface area contributed by atoms with Crippen LogP contribution in [0, 0.1) is 0 Å². The number of hydrogen-bond donors (Lipinski definition) is 0. The summed E-state index contributed by atoms with van der Waals surface area (Å²) < 4.78 is 56.8. The topological polar surface area (TPSA) is 114 Å². The molecule has 10 heteroatoms. The molecule has 0 spiro atoms. The molecule has 0 radical (unpaired) electrons. The van der Waals surface area contributed by atoms with Crippen LogP contribution in [0.15, 0.2) is 24.6 Å².